The van der Waals surface area contributed by atoms with Crippen LogP contribution in [-0.2, 0) is 0 Å². The van der Waals surface area contributed by atoms with Crippen LogP contribution in [0, 0.1) is 17.8 Å². The van der Waals surface area contributed by atoms with E-state index < -0.39 is 0 Å². The summed E-state index contributed by atoms with van der Waals surface area (Å²) in [6, 6.07) is 0.463. The second-order valence-electron chi connectivity index (χ2n) is 6.55. The molecule has 17 heavy (non-hydrogen) atoms. The molecular formula is C15H30N2. The van der Waals surface area contributed by atoms with Crippen molar-refractivity contribution in [2.24, 2.45) is 23.5 Å². The van der Waals surface area contributed by atoms with E-state index in [4.69, 9.17) is 5.73 Å². The van der Waals surface area contributed by atoms with E-state index in [-0.39, 0.29) is 0 Å². The van der Waals surface area contributed by atoms with Gasteiger partial charge in [-0.3, -0.25) is 0 Å². The molecule has 3 unspecified atom stereocenters. The summed E-state index contributed by atoms with van der Waals surface area (Å²) in [6.45, 7) is 8.56. The molecule has 2 rings (SSSR count). The van der Waals surface area contributed by atoms with Crippen molar-refractivity contribution < 1.29 is 0 Å². The van der Waals surface area contributed by atoms with Crippen LogP contribution in [0.4, 0.5) is 0 Å². The largest absolute Gasteiger partial charge is 0.327 e. The minimum absolute atomic E-state index is 0.463. The lowest BCUT2D eigenvalue weighted by atomic mass is 9.79. The Labute approximate surface area is 107 Å². The van der Waals surface area contributed by atoms with E-state index in [1.54, 1.807) is 0 Å². The maximum absolute atomic E-state index is 6.31. The molecule has 0 amide bonds. The second kappa shape index (κ2) is 6.19. The molecule has 3 atom stereocenters. The van der Waals surface area contributed by atoms with Gasteiger partial charge in [-0.25, -0.2) is 0 Å². The first-order valence-electron chi connectivity index (χ1n) is 7.67. The van der Waals surface area contributed by atoms with Gasteiger partial charge in [0.1, 0.15) is 0 Å². The first-order valence-corrected chi connectivity index (χ1v) is 7.67. The van der Waals surface area contributed by atoms with Gasteiger partial charge >= 0.3 is 0 Å². The highest BCUT2D eigenvalue weighted by molar-refractivity contribution is 4.85. The zero-order valence-electron chi connectivity index (χ0n) is 11.7. The molecule has 2 N–H and O–H groups in total. The van der Waals surface area contributed by atoms with Crippen LogP contribution in [0.2, 0.25) is 0 Å². The van der Waals surface area contributed by atoms with Crippen LogP contribution in [0.5, 0.6) is 0 Å². The van der Waals surface area contributed by atoms with Crippen LogP contribution in [-0.4, -0.2) is 30.6 Å². The first-order chi connectivity index (χ1) is 8.19. The van der Waals surface area contributed by atoms with Gasteiger partial charge in [-0.05, 0) is 62.8 Å². The van der Waals surface area contributed by atoms with Gasteiger partial charge in [-0.15, -0.1) is 0 Å². The second-order valence-corrected chi connectivity index (χ2v) is 6.55. The summed E-state index contributed by atoms with van der Waals surface area (Å²) in [5.41, 5.74) is 6.31. The molecule has 0 heterocycles. The molecule has 2 fully saturated rings. The average Bonchev–Trinajstić information content (AvgIpc) is 3.08. The minimum Gasteiger partial charge on any atom is -0.327 e. The standard InChI is InChI=1S/C15H30N2/c1-3-8-17(10-13-5-6-13)11-14-9-12(2)4-7-15(14)16/h12-15H,3-11,16H2,1-2H3. The number of hydrogen-bond acceptors (Lipinski definition) is 2. The van der Waals surface area contributed by atoms with E-state index in [0.29, 0.717) is 6.04 Å². The van der Waals surface area contributed by atoms with Gasteiger partial charge in [-0.2, -0.15) is 0 Å². The predicted octanol–water partition coefficient (Wildman–Crippen LogP) is 2.87. The Morgan fingerprint density at radius 3 is 2.53 bits per heavy atom. The Morgan fingerprint density at radius 2 is 1.88 bits per heavy atom. The third kappa shape index (κ3) is 4.26. The fourth-order valence-corrected chi connectivity index (χ4v) is 3.30. The van der Waals surface area contributed by atoms with Gasteiger partial charge in [0.2, 0.25) is 0 Å². The molecule has 2 heteroatoms. The molecule has 0 saturated heterocycles. The molecule has 2 aliphatic rings. The van der Waals surface area contributed by atoms with E-state index >= 15 is 0 Å². The Hall–Kier alpha value is -0.0800. The Balaban J connectivity index is 1.81. The molecule has 0 aromatic rings. The van der Waals surface area contributed by atoms with Crippen LogP contribution in [0.3, 0.4) is 0 Å². The van der Waals surface area contributed by atoms with Crippen molar-refractivity contribution in [3.63, 3.8) is 0 Å². The summed E-state index contributed by atoms with van der Waals surface area (Å²) in [7, 11) is 0. The summed E-state index contributed by atoms with van der Waals surface area (Å²) < 4.78 is 0. The fourth-order valence-electron chi connectivity index (χ4n) is 3.30. The van der Waals surface area contributed by atoms with Crippen molar-refractivity contribution in [3.8, 4) is 0 Å². The van der Waals surface area contributed by atoms with Crippen molar-refractivity contribution >= 4 is 0 Å². The quantitative estimate of drug-likeness (QED) is 0.771. The lowest BCUT2D eigenvalue weighted by Gasteiger charge is -2.36. The van der Waals surface area contributed by atoms with Gasteiger partial charge in [0, 0.05) is 19.1 Å². The summed E-state index contributed by atoms with van der Waals surface area (Å²) in [5.74, 6) is 2.66. The highest BCUT2D eigenvalue weighted by Gasteiger charge is 2.29. The molecule has 0 bridgehead atoms. The zero-order valence-corrected chi connectivity index (χ0v) is 11.7. The fraction of sp³-hybridized carbons (Fsp3) is 1.00. The number of hydrogen-bond donors (Lipinski definition) is 1. The number of rotatable bonds is 6. The third-order valence-corrected chi connectivity index (χ3v) is 4.55. The maximum Gasteiger partial charge on any atom is 0.00795 e. The summed E-state index contributed by atoms with van der Waals surface area (Å²) in [5, 5.41) is 0. The molecule has 0 aliphatic heterocycles. The summed E-state index contributed by atoms with van der Waals surface area (Å²) in [4.78, 5) is 2.69. The van der Waals surface area contributed by atoms with Crippen molar-refractivity contribution in [1.82, 2.24) is 4.90 Å². The lowest BCUT2D eigenvalue weighted by molar-refractivity contribution is 0.157. The molecule has 0 radical (unpaired) electrons. The van der Waals surface area contributed by atoms with Gasteiger partial charge in [0.15, 0.2) is 0 Å². The predicted molar refractivity (Wildman–Crippen MR) is 73.9 cm³/mol. The number of nitrogens with zero attached hydrogens (tertiary/aromatic N) is 1. The Morgan fingerprint density at radius 1 is 1.12 bits per heavy atom. The van der Waals surface area contributed by atoms with Gasteiger partial charge in [0.05, 0.1) is 0 Å². The topological polar surface area (TPSA) is 29.3 Å². The molecule has 2 saturated carbocycles. The molecule has 2 aliphatic carbocycles. The first kappa shape index (κ1) is 13.4. The van der Waals surface area contributed by atoms with Gasteiger partial charge < -0.3 is 10.6 Å². The smallest absolute Gasteiger partial charge is 0.00795 e. The van der Waals surface area contributed by atoms with Crippen LogP contribution in [0.15, 0.2) is 0 Å². The Bertz CT molecular complexity index is 225. The normalized spacial score (nSPS) is 34.2. The molecular weight excluding hydrogens is 208 g/mol. The van der Waals surface area contributed by atoms with Crippen molar-refractivity contribution in [2.45, 2.75) is 58.4 Å². The van der Waals surface area contributed by atoms with E-state index in [1.807, 2.05) is 0 Å². The van der Waals surface area contributed by atoms with Crippen LogP contribution in [0.25, 0.3) is 0 Å². The Kier molecular flexibility index (Phi) is 4.87. The molecule has 0 aromatic carbocycles. The van der Waals surface area contributed by atoms with Crippen LogP contribution in [0.1, 0.15) is 52.4 Å². The van der Waals surface area contributed by atoms with E-state index in [1.165, 1.54) is 58.2 Å². The van der Waals surface area contributed by atoms with Crippen LogP contribution < -0.4 is 5.73 Å². The molecule has 100 valence electrons. The zero-order chi connectivity index (χ0) is 12.3. The van der Waals surface area contributed by atoms with Crippen LogP contribution >= 0.6 is 0 Å². The molecule has 0 spiro atoms. The monoisotopic (exact) mass is 238 g/mol. The van der Waals surface area contributed by atoms with E-state index in [9.17, 15) is 0 Å². The van der Waals surface area contributed by atoms with Gasteiger partial charge in [0.25, 0.3) is 0 Å². The third-order valence-electron chi connectivity index (χ3n) is 4.55. The van der Waals surface area contributed by atoms with Crippen molar-refractivity contribution in [1.29, 1.82) is 0 Å². The highest BCUT2D eigenvalue weighted by Crippen LogP contribution is 2.32. The van der Waals surface area contributed by atoms with Crippen molar-refractivity contribution in [2.75, 3.05) is 19.6 Å². The molecule has 0 aromatic heterocycles. The number of nitrogens with two attached hydrogens (primary N) is 1. The lowest BCUT2D eigenvalue weighted by Crippen LogP contribution is -2.43. The van der Waals surface area contributed by atoms with E-state index in [0.717, 1.165) is 17.8 Å². The van der Waals surface area contributed by atoms with Crippen molar-refractivity contribution in [3.05, 3.63) is 0 Å². The van der Waals surface area contributed by atoms with Gasteiger partial charge in [-0.1, -0.05) is 13.8 Å². The van der Waals surface area contributed by atoms with E-state index in [2.05, 4.69) is 18.7 Å². The maximum atomic E-state index is 6.31. The summed E-state index contributed by atoms with van der Waals surface area (Å²) in [6.07, 6.45) is 8.15. The average molecular weight is 238 g/mol. The molecule has 2 nitrogen and oxygen atoms in total. The SMILES string of the molecule is CCCN(CC1CC1)CC1CC(C)CCC1N. The highest BCUT2D eigenvalue weighted by atomic mass is 15.1. The minimum atomic E-state index is 0.463. The summed E-state index contributed by atoms with van der Waals surface area (Å²) >= 11 is 0.